The van der Waals surface area contributed by atoms with Gasteiger partial charge in [0.2, 0.25) is 5.91 Å². The quantitative estimate of drug-likeness (QED) is 0.882. The lowest BCUT2D eigenvalue weighted by Gasteiger charge is -2.30. The van der Waals surface area contributed by atoms with Crippen LogP contribution in [0.15, 0.2) is 18.2 Å². The Balaban J connectivity index is 2.24. The molecule has 1 aromatic carbocycles. The minimum absolute atomic E-state index is 0.0937. The Kier molecular flexibility index (Phi) is 5.28. The van der Waals surface area contributed by atoms with Gasteiger partial charge in [0.1, 0.15) is 0 Å². The molecule has 1 aliphatic carbocycles. The summed E-state index contributed by atoms with van der Waals surface area (Å²) in [7, 11) is 0. The second-order valence-corrected chi connectivity index (χ2v) is 7.52. The molecule has 0 heterocycles. The van der Waals surface area contributed by atoms with E-state index in [1.165, 1.54) is 16.7 Å². The molecule has 22 heavy (non-hydrogen) atoms. The van der Waals surface area contributed by atoms with Gasteiger partial charge in [0.15, 0.2) is 0 Å². The van der Waals surface area contributed by atoms with Crippen LogP contribution in [0.1, 0.15) is 82.2 Å². The SMILES string of the molecule is CCCC(N)c1ccc2c(c1)C(NC(=O)C(C)(C)C)CCC2. The van der Waals surface area contributed by atoms with E-state index >= 15 is 0 Å². The Morgan fingerprint density at radius 2 is 2.14 bits per heavy atom. The molecule has 2 rings (SSSR count). The summed E-state index contributed by atoms with van der Waals surface area (Å²) in [4.78, 5) is 12.3. The monoisotopic (exact) mass is 302 g/mol. The maximum absolute atomic E-state index is 12.3. The molecule has 122 valence electrons. The summed E-state index contributed by atoms with van der Waals surface area (Å²) in [6.45, 7) is 8.03. The molecule has 1 aliphatic rings. The van der Waals surface area contributed by atoms with E-state index in [4.69, 9.17) is 5.73 Å². The second-order valence-electron chi connectivity index (χ2n) is 7.52. The molecule has 0 bridgehead atoms. The normalized spacial score (nSPS) is 19.4. The van der Waals surface area contributed by atoms with Crippen LogP contribution in [0.4, 0.5) is 0 Å². The van der Waals surface area contributed by atoms with Crippen LogP contribution in [0.25, 0.3) is 0 Å². The smallest absolute Gasteiger partial charge is 0.225 e. The number of nitrogens with two attached hydrogens (primary N) is 1. The summed E-state index contributed by atoms with van der Waals surface area (Å²) in [5, 5.41) is 3.23. The van der Waals surface area contributed by atoms with Gasteiger partial charge in [0.05, 0.1) is 6.04 Å². The van der Waals surface area contributed by atoms with Gasteiger partial charge >= 0.3 is 0 Å². The molecule has 2 unspecified atom stereocenters. The van der Waals surface area contributed by atoms with Crippen molar-refractivity contribution in [2.24, 2.45) is 11.1 Å². The van der Waals surface area contributed by atoms with Gasteiger partial charge < -0.3 is 11.1 Å². The van der Waals surface area contributed by atoms with Crippen molar-refractivity contribution >= 4 is 5.91 Å². The van der Waals surface area contributed by atoms with Crippen molar-refractivity contribution in [3.8, 4) is 0 Å². The number of amides is 1. The number of hydrogen-bond donors (Lipinski definition) is 2. The Bertz CT molecular complexity index is 531. The van der Waals surface area contributed by atoms with Gasteiger partial charge in [0, 0.05) is 11.5 Å². The first kappa shape index (κ1) is 17.0. The predicted molar refractivity (Wildman–Crippen MR) is 91.6 cm³/mol. The first-order valence-electron chi connectivity index (χ1n) is 8.52. The molecule has 0 fully saturated rings. The molecular weight excluding hydrogens is 272 g/mol. The van der Waals surface area contributed by atoms with Crippen molar-refractivity contribution in [2.75, 3.05) is 0 Å². The molecule has 0 spiro atoms. The van der Waals surface area contributed by atoms with E-state index in [0.717, 1.165) is 32.1 Å². The minimum atomic E-state index is -0.353. The summed E-state index contributed by atoms with van der Waals surface area (Å²) in [6, 6.07) is 6.81. The fourth-order valence-electron chi connectivity index (χ4n) is 3.05. The fraction of sp³-hybridized carbons (Fsp3) is 0.632. The van der Waals surface area contributed by atoms with E-state index in [9.17, 15) is 4.79 Å². The highest BCUT2D eigenvalue weighted by atomic mass is 16.2. The van der Waals surface area contributed by atoms with Gasteiger partial charge in [-0.1, -0.05) is 52.3 Å². The zero-order valence-electron chi connectivity index (χ0n) is 14.4. The Labute approximate surface area is 134 Å². The first-order valence-corrected chi connectivity index (χ1v) is 8.52. The number of carbonyl (C=O) groups is 1. The van der Waals surface area contributed by atoms with Crippen LogP contribution in [-0.2, 0) is 11.2 Å². The minimum Gasteiger partial charge on any atom is -0.349 e. The van der Waals surface area contributed by atoms with E-state index < -0.39 is 0 Å². The molecule has 3 heteroatoms. The molecule has 1 aromatic rings. The Morgan fingerprint density at radius 1 is 1.41 bits per heavy atom. The molecule has 0 saturated heterocycles. The standard InChI is InChI=1S/C19H30N2O/c1-5-7-16(20)14-11-10-13-8-6-9-17(15(13)12-14)21-18(22)19(2,3)4/h10-12,16-17H,5-9,20H2,1-4H3,(H,21,22). The van der Waals surface area contributed by atoms with Crippen LogP contribution in [0, 0.1) is 5.41 Å². The van der Waals surface area contributed by atoms with E-state index in [1.807, 2.05) is 20.8 Å². The summed E-state index contributed by atoms with van der Waals surface area (Å²) >= 11 is 0. The summed E-state index contributed by atoms with van der Waals surface area (Å²) in [5.41, 5.74) is 9.74. The van der Waals surface area contributed by atoms with Crippen molar-refractivity contribution in [2.45, 2.75) is 71.9 Å². The molecule has 3 nitrogen and oxygen atoms in total. The summed E-state index contributed by atoms with van der Waals surface area (Å²) < 4.78 is 0. The zero-order chi connectivity index (χ0) is 16.3. The van der Waals surface area contributed by atoms with Crippen molar-refractivity contribution in [3.05, 3.63) is 34.9 Å². The van der Waals surface area contributed by atoms with Gasteiger partial charge in [0.25, 0.3) is 0 Å². The summed E-state index contributed by atoms with van der Waals surface area (Å²) in [5.74, 6) is 0.119. The molecular formula is C19H30N2O. The number of carbonyl (C=O) groups excluding carboxylic acids is 1. The van der Waals surface area contributed by atoms with Gasteiger partial charge in [-0.25, -0.2) is 0 Å². The largest absolute Gasteiger partial charge is 0.349 e. The van der Waals surface area contributed by atoms with E-state index in [1.54, 1.807) is 0 Å². The average Bonchev–Trinajstić information content (AvgIpc) is 2.46. The molecule has 0 radical (unpaired) electrons. The van der Waals surface area contributed by atoms with Crippen LogP contribution in [0.3, 0.4) is 0 Å². The van der Waals surface area contributed by atoms with Crippen molar-refractivity contribution < 1.29 is 4.79 Å². The number of fused-ring (bicyclic) bond motifs is 1. The van der Waals surface area contributed by atoms with E-state index in [2.05, 4.69) is 30.4 Å². The van der Waals surface area contributed by atoms with Crippen LogP contribution in [0.2, 0.25) is 0 Å². The number of hydrogen-bond acceptors (Lipinski definition) is 2. The molecule has 3 N–H and O–H groups in total. The lowest BCUT2D eigenvalue weighted by Crippen LogP contribution is -2.38. The lowest BCUT2D eigenvalue weighted by atomic mass is 9.84. The Morgan fingerprint density at radius 3 is 2.77 bits per heavy atom. The third kappa shape index (κ3) is 3.89. The molecule has 0 aliphatic heterocycles. The Hall–Kier alpha value is -1.35. The van der Waals surface area contributed by atoms with Crippen LogP contribution >= 0.6 is 0 Å². The number of aryl methyl sites for hydroxylation is 1. The van der Waals surface area contributed by atoms with Crippen molar-refractivity contribution in [1.82, 2.24) is 5.32 Å². The number of nitrogens with one attached hydrogen (secondary N) is 1. The molecule has 2 atom stereocenters. The van der Waals surface area contributed by atoms with Gasteiger partial charge in [-0.2, -0.15) is 0 Å². The van der Waals surface area contributed by atoms with E-state index in [-0.39, 0.29) is 23.4 Å². The second kappa shape index (κ2) is 6.82. The van der Waals surface area contributed by atoms with Crippen LogP contribution in [0.5, 0.6) is 0 Å². The highest BCUT2D eigenvalue weighted by molar-refractivity contribution is 5.81. The average molecular weight is 302 g/mol. The van der Waals surface area contributed by atoms with Gasteiger partial charge in [-0.15, -0.1) is 0 Å². The maximum atomic E-state index is 12.3. The highest BCUT2D eigenvalue weighted by Crippen LogP contribution is 2.33. The predicted octanol–water partition coefficient (Wildman–Crippen LogP) is 4.03. The maximum Gasteiger partial charge on any atom is 0.225 e. The lowest BCUT2D eigenvalue weighted by molar-refractivity contribution is -0.129. The van der Waals surface area contributed by atoms with E-state index in [0.29, 0.717) is 0 Å². The fourth-order valence-corrected chi connectivity index (χ4v) is 3.05. The highest BCUT2D eigenvalue weighted by Gasteiger charge is 2.27. The zero-order valence-corrected chi connectivity index (χ0v) is 14.4. The summed E-state index contributed by atoms with van der Waals surface area (Å²) in [6.07, 6.45) is 5.32. The van der Waals surface area contributed by atoms with Crippen LogP contribution < -0.4 is 11.1 Å². The molecule has 0 aromatic heterocycles. The van der Waals surface area contributed by atoms with Crippen molar-refractivity contribution in [1.29, 1.82) is 0 Å². The topological polar surface area (TPSA) is 55.1 Å². The third-order valence-electron chi connectivity index (χ3n) is 4.50. The first-order chi connectivity index (χ1) is 10.3. The van der Waals surface area contributed by atoms with Crippen molar-refractivity contribution in [3.63, 3.8) is 0 Å². The number of benzene rings is 1. The van der Waals surface area contributed by atoms with Crippen LogP contribution in [-0.4, -0.2) is 5.91 Å². The third-order valence-corrected chi connectivity index (χ3v) is 4.50. The van der Waals surface area contributed by atoms with Gasteiger partial charge in [-0.05, 0) is 42.4 Å². The number of rotatable bonds is 4. The molecule has 0 saturated carbocycles. The molecule has 1 amide bonds. The van der Waals surface area contributed by atoms with Gasteiger partial charge in [-0.3, -0.25) is 4.79 Å².